The molecule has 0 saturated heterocycles. The first-order chi connectivity index (χ1) is 4.75. The Hall–Kier alpha value is -0.960. The van der Waals surface area contributed by atoms with Gasteiger partial charge in [0.2, 0.25) is 0 Å². The first kappa shape index (κ1) is 7.15. The first-order valence-electron chi connectivity index (χ1n) is 3.44. The van der Waals surface area contributed by atoms with Crippen LogP contribution in [-0.4, -0.2) is 4.98 Å². The van der Waals surface area contributed by atoms with Gasteiger partial charge in [-0.2, -0.15) is 0 Å². The molecule has 5 N–H and O–H groups in total. The molecule has 0 amide bonds. The van der Waals surface area contributed by atoms with Crippen molar-refractivity contribution >= 4 is 5.82 Å². The zero-order valence-corrected chi connectivity index (χ0v) is 6.09. The maximum Gasteiger partial charge on any atom is 0.105 e. The molecule has 0 spiro atoms. The van der Waals surface area contributed by atoms with Gasteiger partial charge >= 0.3 is 0 Å². The summed E-state index contributed by atoms with van der Waals surface area (Å²) in [5.74, 6) is 0.689. The third kappa shape index (κ3) is 1.14. The molecule has 1 atom stereocenters. The number of nitrogens with two attached hydrogens (primary N) is 2. The monoisotopic (exact) mass is 139 g/mol. The van der Waals surface area contributed by atoms with E-state index in [0.29, 0.717) is 5.82 Å². The average Bonchev–Trinajstić information content (AvgIpc) is 2.34. The summed E-state index contributed by atoms with van der Waals surface area (Å²) in [6, 6.07) is 2.00. The lowest BCUT2D eigenvalue weighted by molar-refractivity contribution is 0.702. The second-order valence-corrected chi connectivity index (χ2v) is 2.36. The van der Waals surface area contributed by atoms with Gasteiger partial charge in [-0.25, -0.2) is 0 Å². The Bertz CT molecular complexity index is 204. The van der Waals surface area contributed by atoms with Crippen LogP contribution < -0.4 is 11.5 Å². The highest BCUT2D eigenvalue weighted by Gasteiger charge is 2.06. The van der Waals surface area contributed by atoms with E-state index in [1.165, 1.54) is 0 Å². The molecule has 1 rings (SSSR count). The van der Waals surface area contributed by atoms with Gasteiger partial charge in [-0.15, -0.1) is 0 Å². The number of hydrogen-bond donors (Lipinski definition) is 3. The number of nitrogen functional groups attached to an aromatic ring is 1. The molecular weight excluding hydrogens is 126 g/mol. The van der Waals surface area contributed by atoms with E-state index in [2.05, 4.69) is 4.98 Å². The maximum absolute atomic E-state index is 5.74. The molecule has 10 heavy (non-hydrogen) atoms. The van der Waals surface area contributed by atoms with E-state index in [0.717, 1.165) is 12.0 Å². The van der Waals surface area contributed by atoms with Gasteiger partial charge in [0.15, 0.2) is 0 Å². The van der Waals surface area contributed by atoms with Crippen molar-refractivity contribution in [2.24, 2.45) is 5.73 Å². The number of H-pyrrole nitrogens is 1. The minimum atomic E-state index is 0.0752. The highest BCUT2D eigenvalue weighted by atomic mass is 14.8. The van der Waals surface area contributed by atoms with Crippen molar-refractivity contribution in [3.8, 4) is 0 Å². The van der Waals surface area contributed by atoms with Gasteiger partial charge in [0.25, 0.3) is 0 Å². The van der Waals surface area contributed by atoms with Crippen LogP contribution in [0.5, 0.6) is 0 Å². The molecule has 3 heteroatoms. The van der Waals surface area contributed by atoms with Gasteiger partial charge in [-0.05, 0) is 12.5 Å². The quantitative estimate of drug-likeness (QED) is 0.572. The molecule has 0 fully saturated rings. The van der Waals surface area contributed by atoms with Crippen molar-refractivity contribution < 1.29 is 0 Å². The predicted molar refractivity (Wildman–Crippen MR) is 42.4 cm³/mol. The molecular formula is C7H13N3. The summed E-state index contributed by atoms with van der Waals surface area (Å²) in [5, 5.41) is 0. The molecule has 1 aromatic rings. The Morgan fingerprint density at radius 1 is 1.70 bits per heavy atom. The summed E-state index contributed by atoms with van der Waals surface area (Å²) in [4.78, 5) is 2.88. The number of aromatic amines is 1. The summed E-state index contributed by atoms with van der Waals surface area (Å²) < 4.78 is 0. The van der Waals surface area contributed by atoms with E-state index in [1.54, 1.807) is 6.20 Å². The van der Waals surface area contributed by atoms with E-state index >= 15 is 0 Å². The second-order valence-electron chi connectivity index (χ2n) is 2.36. The van der Waals surface area contributed by atoms with E-state index in [1.807, 2.05) is 13.0 Å². The summed E-state index contributed by atoms with van der Waals surface area (Å²) in [6.07, 6.45) is 2.72. The van der Waals surface area contributed by atoms with Gasteiger partial charge in [0.05, 0.1) is 0 Å². The molecule has 1 aromatic heterocycles. The average molecular weight is 139 g/mol. The van der Waals surface area contributed by atoms with Crippen molar-refractivity contribution in [2.75, 3.05) is 5.73 Å². The van der Waals surface area contributed by atoms with Crippen molar-refractivity contribution in [2.45, 2.75) is 19.4 Å². The van der Waals surface area contributed by atoms with Crippen LogP contribution in [0.15, 0.2) is 12.3 Å². The molecule has 0 radical (unpaired) electrons. The fourth-order valence-corrected chi connectivity index (χ4v) is 0.938. The Balaban J connectivity index is 2.82. The van der Waals surface area contributed by atoms with Crippen LogP contribution in [0, 0.1) is 0 Å². The van der Waals surface area contributed by atoms with Crippen molar-refractivity contribution in [3.63, 3.8) is 0 Å². The molecule has 0 bridgehead atoms. The molecule has 0 aliphatic rings. The highest BCUT2D eigenvalue weighted by Crippen LogP contribution is 2.18. The van der Waals surface area contributed by atoms with E-state index < -0.39 is 0 Å². The summed E-state index contributed by atoms with van der Waals surface area (Å²) in [7, 11) is 0. The van der Waals surface area contributed by atoms with Crippen LogP contribution >= 0.6 is 0 Å². The SMILES string of the molecule is CC[C@H](N)c1cc[nH]c1N. The molecule has 0 unspecified atom stereocenters. The van der Waals surface area contributed by atoms with Crippen molar-refractivity contribution in [3.05, 3.63) is 17.8 Å². The zero-order valence-electron chi connectivity index (χ0n) is 6.09. The van der Waals surface area contributed by atoms with Crippen LogP contribution in [-0.2, 0) is 0 Å². The molecule has 56 valence electrons. The molecule has 0 aliphatic carbocycles. The maximum atomic E-state index is 5.74. The number of hydrogen-bond acceptors (Lipinski definition) is 2. The highest BCUT2D eigenvalue weighted by molar-refractivity contribution is 5.41. The number of anilines is 1. The molecule has 0 aliphatic heterocycles. The van der Waals surface area contributed by atoms with Crippen molar-refractivity contribution in [1.29, 1.82) is 0 Å². The van der Waals surface area contributed by atoms with E-state index in [9.17, 15) is 0 Å². The summed E-state index contributed by atoms with van der Waals surface area (Å²) in [5.41, 5.74) is 12.3. The largest absolute Gasteiger partial charge is 0.385 e. The Morgan fingerprint density at radius 2 is 2.40 bits per heavy atom. The van der Waals surface area contributed by atoms with Crippen molar-refractivity contribution in [1.82, 2.24) is 4.98 Å². The van der Waals surface area contributed by atoms with Crippen LogP contribution in [0.1, 0.15) is 24.9 Å². The topological polar surface area (TPSA) is 67.8 Å². The molecule has 3 nitrogen and oxygen atoms in total. The standard InChI is InChI=1S/C7H13N3/c1-2-6(8)5-3-4-10-7(5)9/h3-4,6,10H,2,8-9H2,1H3/t6-/m0/s1. The van der Waals surface area contributed by atoms with E-state index in [-0.39, 0.29) is 6.04 Å². The van der Waals surface area contributed by atoms with Crippen LogP contribution in [0.4, 0.5) is 5.82 Å². The van der Waals surface area contributed by atoms with E-state index in [4.69, 9.17) is 11.5 Å². The minimum absolute atomic E-state index is 0.0752. The zero-order chi connectivity index (χ0) is 7.56. The lowest BCUT2D eigenvalue weighted by atomic mass is 10.1. The van der Waals surface area contributed by atoms with Gasteiger partial charge in [0, 0.05) is 17.8 Å². The fraction of sp³-hybridized carbons (Fsp3) is 0.429. The van der Waals surface area contributed by atoms with Gasteiger partial charge < -0.3 is 16.5 Å². The Morgan fingerprint density at radius 3 is 2.80 bits per heavy atom. The smallest absolute Gasteiger partial charge is 0.105 e. The molecule has 0 aromatic carbocycles. The Kier molecular flexibility index (Phi) is 1.97. The van der Waals surface area contributed by atoms with Crippen LogP contribution in [0.2, 0.25) is 0 Å². The fourth-order valence-electron chi connectivity index (χ4n) is 0.938. The second kappa shape index (κ2) is 2.75. The predicted octanol–water partition coefficient (Wildman–Crippen LogP) is 1.01. The third-order valence-electron chi connectivity index (χ3n) is 1.65. The number of aromatic nitrogens is 1. The number of rotatable bonds is 2. The van der Waals surface area contributed by atoms with Gasteiger partial charge in [0.1, 0.15) is 5.82 Å². The third-order valence-corrected chi connectivity index (χ3v) is 1.65. The van der Waals surface area contributed by atoms with Crippen LogP contribution in [0.25, 0.3) is 0 Å². The number of nitrogens with one attached hydrogen (secondary N) is 1. The van der Waals surface area contributed by atoms with Gasteiger partial charge in [-0.3, -0.25) is 0 Å². The van der Waals surface area contributed by atoms with Gasteiger partial charge in [-0.1, -0.05) is 6.92 Å². The van der Waals surface area contributed by atoms with Crippen LogP contribution in [0.3, 0.4) is 0 Å². The first-order valence-corrected chi connectivity index (χ1v) is 3.44. The molecule has 0 saturated carbocycles. The normalized spacial score (nSPS) is 13.4. The summed E-state index contributed by atoms with van der Waals surface area (Å²) >= 11 is 0. The lowest BCUT2D eigenvalue weighted by Crippen LogP contribution is -2.09. The minimum Gasteiger partial charge on any atom is -0.385 e. The molecule has 1 heterocycles. The Labute approximate surface area is 60.4 Å². The lowest BCUT2D eigenvalue weighted by Gasteiger charge is -2.06. The summed E-state index contributed by atoms with van der Waals surface area (Å²) in [6.45, 7) is 2.04.